The van der Waals surface area contributed by atoms with Crippen LogP contribution in [0.3, 0.4) is 0 Å². The van der Waals surface area contributed by atoms with E-state index in [4.69, 9.17) is 9.57 Å². The Morgan fingerprint density at radius 1 is 1.09 bits per heavy atom. The molecule has 0 saturated heterocycles. The van der Waals surface area contributed by atoms with Crippen LogP contribution in [0.25, 0.3) is 0 Å². The van der Waals surface area contributed by atoms with Crippen LogP contribution in [-0.4, -0.2) is 24.9 Å². The maximum Gasteiger partial charge on any atom is 0.357 e. The van der Waals surface area contributed by atoms with Gasteiger partial charge in [0.2, 0.25) is 0 Å². The van der Waals surface area contributed by atoms with Gasteiger partial charge in [0.15, 0.2) is 5.71 Å². The first kappa shape index (κ1) is 15.3. The van der Waals surface area contributed by atoms with Crippen molar-refractivity contribution in [3.63, 3.8) is 0 Å². The van der Waals surface area contributed by atoms with Crippen molar-refractivity contribution in [2.75, 3.05) is 13.2 Å². The molecule has 0 saturated carbocycles. The van der Waals surface area contributed by atoms with Crippen molar-refractivity contribution >= 4 is 11.7 Å². The van der Waals surface area contributed by atoms with Crippen LogP contribution in [0.1, 0.15) is 24.5 Å². The minimum absolute atomic E-state index is 0.289. The van der Waals surface area contributed by atoms with Gasteiger partial charge < -0.3 is 9.57 Å². The summed E-state index contributed by atoms with van der Waals surface area (Å²) in [5.74, 6) is -0.419. The summed E-state index contributed by atoms with van der Waals surface area (Å²) in [6.07, 6.45) is 0.767. The lowest BCUT2D eigenvalue weighted by atomic mass is 9.71. The van der Waals surface area contributed by atoms with E-state index in [-0.39, 0.29) is 6.61 Å². The average molecular weight is 309 g/mol. The number of carbonyl (C=O) groups excluding carboxylic acids is 1. The van der Waals surface area contributed by atoms with E-state index in [1.54, 1.807) is 0 Å². The van der Waals surface area contributed by atoms with Crippen LogP contribution in [0.4, 0.5) is 0 Å². The number of ether oxygens (including phenoxy) is 1. The maximum atomic E-state index is 12.5. The molecule has 1 heterocycles. The SMILES string of the molecule is CCCOC(=O)C1=NOCC1(c1ccccc1)c1ccccc1. The monoisotopic (exact) mass is 309 g/mol. The zero-order valence-electron chi connectivity index (χ0n) is 13.1. The molecule has 0 aromatic heterocycles. The molecule has 0 fully saturated rings. The molecule has 0 atom stereocenters. The van der Waals surface area contributed by atoms with Crippen molar-refractivity contribution in [3.05, 3.63) is 71.8 Å². The number of carbonyl (C=O) groups is 1. The molecule has 0 radical (unpaired) electrons. The molecule has 3 rings (SSSR count). The van der Waals surface area contributed by atoms with Gasteiger partial charge in [0.25, 0.3) is 0 Å². The van der Waals surface area contributed by atoms with Crippen molar-refractivity contribution < 1.29 is 14.4 Å². The van der Waals surface area contributed by atoms with E-state index in [9.17, 15) is 4.79 Å². The molecule has 0 aliphatic carbocycles. The Hall–Kier alpha value is -2.62. The highest BCUT2D eigenvalue weighted by atomic mass is 16.6. The Balaban J connectivity index is 2.10. The van der Waals surface area contributed by atoms with Crippen molar-refractivity contribution in [2.24, 2.45) is 5.16 Å². The van der Waals surface area contributed by atoms with Crippen LogP contribution in [-0.2, 0) is 19.8 Å². The highest BCUT2D eigenvalue weighted by Crippen LogP contribution is 2.38. The Bertz CT molecular complexity index is 656. The molecule has 23 heavy (non-hydrogen) atoms. The summed E-state index contributed by atoms with van der Waals surface area (Å²) in [6.45, 7) is 2.62. The van der Waals surface area contributed by atoms with Gasteiger partial charge >= 0.3 is 5.97 Å². The van der Waals surface area contributed by atoms with Gasteiger partial charge in [0.05, 0.1) is 6.61 Å². The molecule has 2 aromatic carbocycles. The molecular formula is C19H19NO3. The molecule has 0 spiro atoms. The molecule has 118 valence electrons. The van der Waals surface area contributed by atoms with Gasteiger partial charge in [0, 0.05) is 0 Å². The molecule has 0 bridgehead atoms. The van der Waals surface area contributed by atoms with E-state index in [1.807, 2.05) is 67.6 Å². The van der Waals surface area contributed by atoms with Gasteiger partial charge in [-0.25, -0.2) is 4.79 Å². The molecule has 4 nitrogen and oxygen atoms in total. The van der Waals surface area contributed by atoms with E-state index < -0.39 is 11.4 Å². The van der Waals surface area contributed by atoms with Crippen molar-refractivity contribution in [3.8, 4) is 0 Å². The van der Waals surface area contributed by atoms with E-state index in [1.165, 1.54) is 0 Å². The molecule has 0 unspecified atom stereocenters. The highest BCUT2D eigenvalue weighted by molar-refractivity contribution is 6.41. The molecule has 1 aliphatic heterocycles. The molecular weight excluding hydrogens is 290 g/mol. The molecule has 0 amide bonds. The Morgan fingerprint density at radius 2 is 1.65 bits per heavy atom. The average Bonchev–Trinajstić information content (AvgIpc) is 3.07. The van der Waals surface area contributed by atoms with E-state index >= 15 is 0 Å². The van der Waals surface area contributed by atoms with Crippen LogP contribution in [0, 0.1) is 0 Å². The topological polar surface area (TPSA) is 47.9 Å². The van der Waals surface area contributed by atoms with Gasteiger partial charge in [0.1, 0.15) is 12.0 Å². The minimum atomic E-state index is -0.729. The third-order valence-corrected chi connectivity index (χ3v) is 4.00. The van der Waals surface area contributed by atoms with E-state index in [0.29, 0.717) is 12.3 Å². The van der Waals surface area contributed by atoms with Gasteiger partial charge in [-0.05, 0) is 17.5 Å². The largest absolute Gasteiger partial charge is 0.461 e. The number of rotatable bonds is 5. The second-order valence-corrected chi connectivity index (χ2v) is 5.49. The standard InChI is InChI=1S/C19H19NO3/c1-2-13-22-18(21)17-19(14-23-20-17,15-9-5-3-6-10-15)16-11-7-4-8-12-16/h3-12H,2,13-14H2,1H3. The van der Waals surface area contributed by atoms with Crippen molar-refractivity contribution in [1.29, 1.82) is 0 Å². The molecule has 4 heteroatoms. The maximum absolute atomic E-state index is 12.5. The number of nitrogens with zero attached hydrogens (tertiary/aromatic N) is 1. The number of oxime groups is 1. The second-order valence-electron chi connectivity index (χ2n) is 5.49. The predicted molar refractivity (Wildman–Crippen MR) is 88.3 cm³/mol. The first-order valence-electron chi connectivity index (χ1n) is 7.77. The Morgan fingerprint density at radius 3 is 2.17 bits per heavy atom. The summed E-state index contributed by atoms with van der Waals surface area (Å²) in [7, 11) is 0. The lowest BCUT2D eigenvalue weighted by Gasteiger charge is -2.28. The number of esters is 1. The highest BCUT2D eigenvalue weighted by Gasteiger charge is 2.49. The summed E-state index contributed by atoms with van der Waals surface area (Å²) in [5, 5.41) is 4.04. The summed E-state index contributed by atoms with van der Waals surface area (Å²) >= 11 is 0. The quantitative estimate of drug-likeness (QED) is 0.796. The number of hydrogen-bond acceptors (Lipinski definition) is 4. The van der Waals surface area contributed by atoms with Gasteiger partial charge in [-0.15, -0.1) is 0 Å². The fraction of sp³-hybridized carbons (Fsp3) is 0.263. The third kappa shape index (κ3) is 2.72. The summed E-state index contributed by atoms with van der Waals surface area (Å²) in [5.41, 5.74) is 1.52. The van der Waals surface area contributed by atoms with Gasteiger partial charge in [-0.3, -0.25) is 0 Å². The van der Waals surface area contributed by atoms with Gasteiger partial charge in [-0.1, -0.05) is 72.7 Å². The fourth-order valence-corrected chi connectivity index (χ4v) is 2.87. The third-order valence-electron chi connectivity index (χ3n) is 4.00. The van der Waals surface area contributed by atoms with Crippen molar-refractivity contribution in [2.45, 2.75) is 18.8 Å². The first-order valence-corrected chi connectivity index (χ1v) is 7.77. The normalized spacial score (nSPS) is 15.6. The molecule has 0 N–H and O–H groups in total. The van der Waals surface area contributed by atoms with Crippen LogP contribution in [0.5, 0.6) is 0 Å². The molecule has 2 aromatic rings. The lowest BCUT2D eigenvalue weighted by molar-refractivity contribution is -0.135. The minimum Gasteiger partial charge on any atom is -0.461 e. The number of hydrogen-bond donors (Lipinski definition) is 0. The van der Waals surface area contributed by atoms with Crippen LogP contribution >= 0.6 is 0 Å². The predicted octanol–water partition coefficient (Wildman–Crippen LogP) is 3.31. The van der Waals surface area contributed by atoms with Crippen LogP contribution < -0.4 is 0 Å². The smallest absolute Gasteiger partial charge is 0.357 e. The van der Waals surface area contributed by atoms with Crippen molar-refractivity contribution in [1.82, 2.24) is 0 Å². The Kier molecular flexibility index (Phi) is 4.42. The zero-order valence-corrected chi connectivity index (χ0v) is 13.1. The van der Waals surface area contributed by atoms with Crippen LogP contribution in [0.2, 0.25) is 0 Å². The van der Waals surface area contributed by atoms with E-state index in [2.05, 4.69) is 5.16 Å². The number of benzene rings is 2. The van der Waals surface area contributed by atoms with Crippen LogP contribution in [0.15, 0.2) is 65.8 Å². The fourth-order valence-electron chi connectivity index (χ4n) is 2.87. The summed E-state index contributed by atoms with van der Waals surface area (Å²) < 4.78 is 5.32. The summed E-state index contributed by atoms with van der Waals surface area (Å²) in [6, 6.07) is 19.7. The lowest BCUT2D eigenvalue weighted by Crippen LogP contribution is -2.42. The second kappa shape index (κ2) is 6.65. The van der Waals surface area contributed by atoms with Gasteiger partial charge in [-0.2, -0.15) is 0 Å². The zero-order chi connectivity index (χ0) is 16.1. The van der Waals surface area contributed by atoms with E-state index in [0.717, 1.165) is 17.5 Å². The molecule has 1 aliphatic rings. The summed E-state index contributed by atoms with van der Waals surface area (Å²) in [4.78, 5) is 17.9. The Labute approximate surface area is 135 Å². The first-order chi connectivity index (χ1) is 11.3.